The van der Waals surface area contributed by atoms with E-state index >= 15 is 0 Å². The zero-order valence-electron chi connectivity index (χ0n) is 8.77. The first-order valence-corrected chi connectivity index (χ1v) is 6.78. The highest BCUT2D eigenvalue weighted by Gasteiger charge is 2.24. The average molecular weight is 248 g/mol. The Balaban J connectivity index is 3.12. The van der Waals surface area contributed by atoms with Crippen LogP contribution < -0.4 is 0 Å². The Morgan fingerprint density at radius 2 is 2.20 bits per heavy atom. The van der Waals surface area contributed by atoms with Crippen molar-refractivity contribution in [3.8, 4) is 0 Å². The molecule has 5 heteroatoms. The molecule has 0 aliphatic carbocycles. The van der Waals surface area contributed by atoms with E-state index in [0.717, 1.165) is 0 Å². The highest BCUT2D eigenvalue weighted by molar-refractivity contribution is 7.92. The van der Waals surface area contributed by atoms with E-state index in [1.54, 1.807) is 20.0 Å². The van der Waals surface area contributed by atoms with Crippen LogP contribution >= 0.6 is 11.6 Å². The zero-order chi connectivity index (χ0) is 11.5. The van der Waals surface area contributed by atoms with Crippen molar-refractivity contribution < 1.29 is 8.42 Å². The van der Waals surface area contributed by atoms with Crippen LogP contribution in [0.2, 0.25) is 0 Å². The lowest BCUT2D eigenvalue weighted by Crippen LogP contribution is -2.19. The Labute approximate surface area is 95.4 Å². The fourth-order valence-corrected chi connectivity index (χ4v) is 3.38. The molecule has 0 bridgehead atoms. The van der Waals surface area contributed by atoms with E-state index in [-0.39, 0.29) is 0 Å². The van der Waals surface area contributed by atoms with Crippen LogP contribution in [-0.2, 0) is 9.84 Å². The van der Waals surface area contributed by atoms with Gasteiger partial charge in [0.1, 0.15) is 0 Å². The number of nitrogens with zero attached hydrogens (tertiary/aromatic N) is 1. The fraction of sp³-hybridized carbons (Fsp3) is 0.500. The summed E-state index contributed by atoms with van der Waals surface area (Å²) in [4.78, 5) is 4.23. The lowest BCUT2D eigenvalue weighted by atomic mass is 10.3. The van der Waals surface area contributed by atoms with Crippen molar-refractivity contribution in [1.29, 1.82) is 0 Å². The number of hydrogen-bond acceptors (Lipinski definition) is 3. The largest absolute Gasteiger partial charge is 0.264 e. The van der Waals surface area contributed by atoms with Crippen molar-refractivity contribution in [3.05, 3.63) is 24.0 Å². The Bertz CT molecular complexity index is 431. The topological polar surface area (TPSA) is 47.0 Å². The summed E-state index contributed by atoms with van der Waals surface area (Å²) in [5.41, 5.74) is 0.680. The van der Waals surface area contributed by atoms with Crippen LogP contribution in [0.3, 0.4) is 0 Å². The molecular weight excluding hydrogens is 234 g/mol. The number of rotatable bonds is 4. The number of halogens is 1. The summed E-state index contributed by atoms with van der Waals surface area (Å²) in [5, 5.41) is -0.448. The molecule has 0 radical (unpaired) electrons. The van der Waals surface area contributed by atoms with E-state index < -0.39 is 15.1 Å². The van der Waals surface area contributed by atoms with Gasteiger partial charge in [0.25, 0.3) is 0 Å². The van der Waals surface area contributed by atoms with Crippen molar-refractivity contribution in [2.45, 2.75) is 30.4 Å². The van der Waals surface area contributed by atoms with Crippen molar-refractivity contribution in [1.82, 2.24) is 4.98 Å². The predicted molar refractivity (Wildman–Crippen MR) is 61.0 cm³/mol. The molecule has 0 saturated heterocycles. The quantitative estimate of drug-likeness (QED) is 0.767. The van der Waals surface area contributed by atoms with Crippen LogP contribution in [0.4, 0.5) is 0 Å². The van der Waals surface area contributed by atoms with Crippen LogP contribution in [0.25, 0.3) is 0 Å². The highest BCUT2D eigenvalue weighted by Crippen LogP contribution is 2.20. The third-order valence-electron chi connectivity index (χ3n) is 2.32. The summed E-state index contributed by atoms with van der Waals surface area (Å²) in [6.07, 6.45) is 3.51. The minimum Gasteiger partial charge on any atom is -0.264 e. The lowest BCUT2D eigenvalue weighted by molar-refractivity contribution is 0.580. The van der Waals surface area contributed by atoms with Crippen molar-refractivity contribution in [3.63, 3.8) is 0 Å². The molecule has 1 aromatic heterocycles. The summed E-state index contributed by atoms with van der Waals surface area (Å²) < 4.78 is 24.1. The molecular formula is C10H14ClNO2S. The van der Waals surface area contributed by atoms with Gasteiger partial charge in [-0.3, -0.25) is 4.98 Å². The molecule has 84 valence electrons. The molecule has 1 rings (SSSR count). The van der Waals surface area contributed by atoms with Gasteiger partial charge in [0.15, 0.2) is 9.84 Å². The lowest BCUT2D eigenvalue weighted by Gasteiger charge is -2.12. The Morgan fingerprint density at radius 3 is 2.73 bits per heavy atom. The molecule has 0 saturated carbocycles. The molecule has 1 heterocycles. The second-order valence-electron chi connectivity index (χ2n) is 3.47. The molecule has 0 aromatic carbocycles. The number of aromatic nitrogens is 1. The Morgan fingerprint density at radius 1 is 1.53 bits per heavy atom. The number of hydrogen-bond donors (Lipinski definition) is 0. The molecule has 15 heavy (non-hydrogen) atoms. The van der Waals surface area contributed by atoms with Crippen molar-refractivity contribution in [2.75, 3.05) is 5.88 Å². The standard InChI is InChI=1S/C10H14ClNO2S/c1-8-7-12-6-4-10(8)15(13,14)9(2)3-5-11/h4,6-7,9H,3,5H2,1-2H3. The van der Waals surface area contributed by atoms with E-state index in [9.17, 15) is 8.42 Å². The van der Waals surface area contributed by atoms with Gasteiger partial charge in [0.2, 0.25) is 0 Å². The maximum atomic E-state index is 12.1. The molecule has 0 spiro atoms. The van der Waals surface area contributed by atoms with Crippen molar-refractivity contribution >= 4 is 21.4 Å². The van der Waals surface area contributed by atoms with Gasteiger partial charge in [-0.25, -0.2) is 8.42 Å². The summed E-state index contributed by atoms with van der Waals surface area (Å²) in [6, 6.07) is 1.54. The summed E-state index contributed by atoms with van der Waals surface area (Å²) >= 11 is 5.55. The molecule has 0 aliphatic rings. The molecule has 0 fully saturated rings. The maximum absolute atomic E-state index is 12.1. The van der Waals surface area contributed by atoms with E-state index in [1.807, 2.05) is 0 Å². The van der Waals surface area contributed by atoms with Gasteiger partial charge in [-0.1, -0.05) is 0 Å². The Hall–Kier alpha value is -0.610. The van der Waals surface area contributed by atoms with Gasteiger partial charge in [0, 0.05) is 18.3 Å². The number of alkyl halides is 1. The van der Waals surface area contributed by atoms with E-state index in [0.29, 0.717) is 22.8 Å². The third kappa shape index (κ3) is 2.69. The third-order valence-corrected chi connectivity index (χ3v) is 4.91. The molecule has 1 unspecified atom stereocenters. The molecule has 3 nitrogen and oxygen atoms in total. The second kappa shape index (κ2) is 4.94. The van der Waals surface area contributed by atoms with Crippen LogP contribution in [0.1, 0.15) is 18.9 Å². The summed E-state index contributed by atoms with van der Waals surface area (Å²) in [5.74, 6) is 0.352. The summed E-state index contributed by atoms with van der Waals surface area (Å²) in [7, 11) is -3.26. The van der Waals surface area contributed by atoms with Gasteiger partial charge in [-0.05, 0) is 31.9 Å². The SMILES string of the molecule is Cc1cnccc1S(=O)(=O)C(C)CCCl. The normalized spacial score (nSPS) is 13.8. The van der Waals surface area contributed by atoms with Crippen LogP contribution in [0.15, 0.2) is 23.4 Å². The smallest absolute Gasteiger partial charge is 0.181 e. The number of sulfone groups is 1. The van der Waals surface area contributed by atoms with Crippen molar-refractivity contribution in [2.24, 2.45) is 0 Å². The Kier molecular flexibility index (Phi) is 4.11. The number of aryl methyl sites for hydroxylation is 1. The van der Waals surface area contributed by atoms with Gasteiger partial charge in [0.05, 0.1) is 10.1 Å². The number of pyridine rings is 1. The first-order valence-electron chi connectivity index (χ1n) is 4.70. The predicted octanol–water partition coefficient (Wildman–Crippen LogP) is 2.18. The van der Waals surface area contributed by atoms with Crippen LogP contribution in [0, 0.1) is 6.92 Å². The maximum Gasteiger partial charge on any atom is 0.181 e. The van der Waals surface area contributed by atoms with E-state index in [4.69, 9.17) is 11.6 Å². The molecule has 0 aliphatic heterocycles. The molecule has 0 N–H and O–H groups in total. The van der Waals surface area contributed by atoms with E-state index in [2.05, 4.69) is 4.98 Å². The zero-order valence-corrected chi connectivity index (χ0v) is 10.3. The van der Waals surface area contributed by atoms with Gasteiger partial charge < -0.3 is 0 Å². The monoisotopic (exact) mass is 247 g/mol. The molecule has 1 atom stereocenters. The minimum atomic E-state index is -3.26. The van der Waals surface area contributed by atoms with Crippen LogP contribution in [0.5, 0.6) is 0 Å². The highest BCUT2D eigenvalue weighted by atomic mass is 35.5. The van der Waals surface area contributed by atoms with Crippen LogP contribution in [-0.4, -0.2) is 24.5 Å². The fourth-order valence-electron chi connectivity index (χ4n) is 1.31. The van der Waals surface area contributed by atoms with Gasteiger partial charge in [-0.15, -0.1) is 11.6 Å². The van der Waals surface area contributed by atoms with Gasteiger partial charge >= 0.3 is 0 Å². The first kappa shape index (κ1) is 12.5. The van der Waals surface area contributed by atoms with Gasteiger partial charge in [-0.2, -0.15) is 0 Å². The first-order chi connectivity index (χ1) is 7.00. The minimum absolute atomic E-state index is 0.352. The molecule has 1 aromatic rings. The van der Waals surface area contributed by atoms with E-state index in [1.165, 1.54) is 12.3 Å². The average Bonchev–Trinajstić information content (AvgIpc) is 2.18. The summed E-state index contributed by atoms with van der Waals surface area (Å²) in [6.45, 7) is 3.42. The second-order valence-corrected chi connectivity index (χ2v) is 6.19. The molecule has 0 amide bonds.